The molecular weight excluding hydrogens is 274 g/mol. The summed E-state index contributed by atoms with van der Waals surface area (Å²) >= 11 is 0. The van der Waals surface area contributed by atoms with Crippen LogP contribution in [-0.4, -0.2) is 33.8 Å². The molecule has 0 saturated carbocycles. The van der Waals surface area contributed by atoms with Crippen molar-refractivity contribution in [3.63, 3.8) is 0 Å². The molecule has 2 aromatic rings. The molecule has 0 aliphatic rings. The van der Waals surface area contributed by atoms with Gasteiger partial charge in [-0.1, -0.05) is 5.16 Å². The third-order valence-electron chi connectivity index (χ3n) is 2.91. The summed E-state index contributed by atoms with van der Waals surface area (Å²) in [6, 6.07) is 6.63. The normalized spacial score (nSPS) is 11.2. The molecule has 0 bridgehead atoms. The van der Waals surface area contributed by atoms with Gasteiger partial charge in [-0.25, -0.2) is 0 Å². The molecule has 1 heterocycles. The van der Waals surface area contributed by atoms with Crippen LogP contribution in [0.3, 0.4) is 0 Å². The van der Waals surface area contributed by atoms with Gasteiger partial charge in [0.25, 0.3) is 5.91 Å². The molecule has 0 aliphatic heterocycles. The van der Waals surface area contributed by atoms with E-state index in [9.17, 15) is 4.79 Å². The van der Waals surface area contributed by atoms with Crippen molar-refractivity contribution in [2.45, 2.75) is 0 Å². The number of aryl methyl sites for hydroxylation is 1. The number of carbonyl (C=O) groups excluding carboxylic acids is 1. The minimum atomic E-state index is -0.340. The smallest absolute Gasteiger partial charge is 0.256 e. The van der Waals surface area contributed by atoms with Crippen molar-refractivity contribution in [3.8, 4) is 5.75 Å². The van der Waals surface area contributed by atoms with Crippen LogP contribution in [0.1, 0.15) is 15.9 Å². The van der Waals surface area contributed by atoms with Crippen LogP contribution in [0.25, 0.3) is 0 Å². The molecule has 1 aromatic heterocycles. The number of benzene rings is 1. The number of ether oxygens (including phenoxy) is 1. The van der Waals surface area contributed by atoms with E-state index in [1.54, 1.807) is 38.4 Å². The number of amidine groups is 1. The summed E-state index contributed by atoms with van der Waals surface area (Å²) in [6.45, 7) is 0. The zero-order valence-corrected chi connectivity index (χ0v) is 11.6. The second-order valence-corrected chi connectivity index (χ2v) is 4.20. The molecule has 1 aromatic carbocycles. The Balaban J connectivity index is 2.25. The lowest BCUT2D eigenvalue weighted by molar-refractivity contribution is 0.102. The van der Waals surface area contributed by atoms with Gasteiger partial charge in [-0.2, -0.15) is 5.10 Å². The van der Waals surface area contributed by atoms with Crippen LogP contribution in [0.15, 0.2) is 35.6 Å². The standard InChI is InChI=1S/C13H15N5O3/c1-18-12(10(7-15-18)11(14)17-20)16-13(19)8-3-5-9(21-2)6-4-8/h3-7,20H,1-2H3,(H2,14,17)(H,16,19). The molecule has 0 fully saturated rings. The van der Waals surface area contributed by atoms with E-state index in [2.05, 4.69) is 15.6 Å². The number of nitrogens with zero attached hydrogens (tertiary/aromatic N) is 3. The maximum atomic E-state index is 12.2. The maximum Gasteiger partial charge on any atom is 0.256 e. The molecule has 8 nitrogen and oxygen atoms in total. The third kappa shape index (κ3) is 2.94. The van der Waals surface area contributed by atoms with Gasteiger partial charge in [0.1, 0.15) is 11.6 Å². The topological polar surface area (TPSA) is 115 Å². The van der Waals surface area contributed by atoms with Crippen LogP contribution in [0.2, 0.25) is 0 Å². The van der Waals surface area contributed by atoms with E-state index in [0.29, 0.717) is 22.7 Å². The lowest BCUT2D eigenvalue weighted by atomic mass is 10.2. The zero-order chi connectivity index (χ0) is 15.4. The summed E-state index contributed by atoms with van der Waals surface area (Å²) < 4.78 is 6.46. The van der Waals surface area contributed by atoms with E-state index in [4.69, 9.17) is 15.7 Å². The zero-order valence-electron chi connectivity index (χ0n) is 11.6. The van der Waals surface area contributed by atoms with Gasteiger partial charge >= 0.3 is 0 Å². The van der Waals surface area contributed by atoms with E-state index in [0.717, 1.165) is 0 Å². The van der Waals surface area contributed by atoms with E-state index in [-0.39, 0.29) is 11.7 Å². The van der Waals surface area contributed by atoms with Gasteiger partial charge in [-0.3, -0.25) is 9.48 Å². The largest absolute Gasteiger partial charge is 0.497 e. The Morgan fingerprint density at radius 2 is 2.10 bits per heavy atom. The average molecular weight is 289 g/mol. The highest BCUT2D eigenvalue weighted by molar-refractivity contribution is 6.09. The average Bonchev–Trinajstić information content (AvgIpc) is 2.87. The number of rotatable bonds is 4. The molecule has 2 rings (SSSR count). The fourth-order valence-corrected chi connectivity index (χ4v) is 1.75. The third-order valence-corrected chi connectivity index (χ3v) is 2.91. The molecule has 8 heteroatoms. The van der Waals surface area contributed by atoms with Crippen molar-refractivity contribution in [2.24, 2.45) is 17.9 Å². The van der Waals surface area contributed by atoms with Crippen LogP contribution < -0.4 is 15.8 Å². The van der Waals surface area contributed by atoms with Crippen molar-refractivity contribution in [2.75, 3.05) is 12.4 Å². The highest BCUT2D eigenvalue weighted by Crippen LogP contribution is 2.16. The number of methoxy groups -OCH3 is 1. The monoisotopic (exact) mass is 289 g/mol. The van der Waals surface area contributed by atoms with Gasteiger partial charge in [0.05, 0.1) is 18.9 Å². The molecule has 0 atom stereocenters. The Kier molecular flexibility index (Phi) is 4.07. The van der Waals surface area contributed by atoms with Gasteiger partial charge in [0.15, 0.2) is 5.84 Å². The van der Waals surface area contributed by atoms with Crippen LogP contribution in [-0.2, 0) is 7.05 Å². The maximum absolute atomic E-state index is 12.2. The number of anilines is 1. The van der Waals surface area contributed by atoms with Gasteiger partial charge in [0.2, 0.25) is 0 Å². The van der Waals surface area contributed by atoms with Crippen LogP contribution in [0, 0.1) is 0 Å². The van der Waals surface area contributed by atoms with Crippen molar-refractivity contribution in [3.05, 3.63) is 41.6 Å². The van der Waals surface area contributed by atoms with Gasteiger partial charge < -0.3 is 21.0 Å². The quantitative estimate of drug-likeness (QED) is 0.333. The minimum Gasteiger partial charge on any atom is -0.497 e. The molecule has 0 saturated heterocycles. The fraction of sp³-hybridized carbons (Fsp3) is 0.154. The number of hydrogen-bond acceptors (Lipinski definition) is 5. The van der Waals surface area contributed by atoms with E-state index in [1.807, 2.05) is 0 Å². The van der Waals surface area contributed by atoms with Crippen molar-refractivity contribution < 1.29 is 14.7 Å². The number of nitrogens with two attached hydrogens (primary N) is 1. The van der Waals surface area contributed by atoms with Crippen molar-refractivity contribution in [1.82, 2.24) is 9.78 Å². The number of aromatic nitrogens is 2. The predicted molar refractivity (Wildman–Crippen MR) is 76.7 cm³/mol. The molecule has 21 heavy (non-hydrogen) atoms. The second kappa shape index (κ2) is 5.95. The number of carbonyl (C=O) groups is 1. The Hall–Kier alpha value is -3.03. The second-order valence-electron chi connectivity index (χ2n) is 4.20. The lowest BCUT2D eigenvalue weighted by Crippen LogP contribution is -2.20. The molecular formula is C13H15N5O3. The summed E-state index contributed by atoms with van der Waals surface area (Å²) in [6.07, 6.45) is 1.40. The Morgan fingerprint density at radius 1 is 1.43 bits per heavy atom. The summed E-state index contributed by atoms with van der Waals surface area (Å²) in [5.41, 5.74) is 6.32. The molecule has 0 radical (unpaired) electrons. The molecule has 0 unspecified atom stereocenters. The van der Waals surface area contributed by atoms with E-state index in [1.165, 1.54) is 10.9 Å². The Morgan fingerprint density at radius 3 is 2.67 bits per heavy atom. The lowest BCUT2D eigenvalue weighted by Gasteiger charge is -2.08. The molecule has 1 amide bonds. The summed E-state index contributed by atoms with van der Waals surface area (Å²) in [7, 11) is 3.19. The summed E-state index contributed by atoms with van der Waals surface area (Å²) in [4.78, 5) is 12.2. The first-order valence-corrected chi connectivity index (χ1v) is 6.02. The summed E-state index contributed by atoms with van der Waals surface area (Å²) in [5.74, 6) is 0.525. The first kappa shape index (κ1) is 14.4. The first-order valence-electron chi connectivity index (χ1n) is 6.02. The number of hydrogen-bond donors (Lipinski definition) is 3. The molecule has 0 spiro atoms. The van der Waals surface area contributed by atoms with Crippen molar-refractivity contribution >= 4 is 17.6 Å². The fourth-order valence-electron chi connectivity index (χ4n) is 1.75. The molecule has 0 aliphatic carbocycles. The Labute approximate surface area is 120 Å². The summed E-state index contributed by atoms with van der Waals surface area (Å²) in [5, 5.41) is 18.3. The Bertz CT molecular complexity index is 676. The van der Waals surface area contributed by atoms with Crippen LogP contribution >= 0.6 is 0 Å². The first-order chi connectivity index (χ1) is 10.1. The number of oxime groups is 1. The van der Waals surface area contributed by atoms with Crippen molar-refractivity contribution in [1.29, 1.82) is 0 Å². The van der Waals surface area contributed by atoms with Crippen LogP contribution in [0.4, 0.5) is 5.82 Å². The number of nitrogens with one attached hydrogen (secondary N) is 1. The molecule has 110 valence electrons. The molecule has 4 N–H and O–H groups in total. The predicted octanol–water partition coefficient (Wildman–Crippen LogP) is 0.775. The van der Waals surface area contributed by atoms with E-state index >= 15 is 0 Å². The van der Waals surface area contributed by atoms with Crippen LogP contribution in [0.5, 0.6) is 5.75 Å². The SMILES string of the molecule is COc1ccc(C(=O)Nc2c(C(N)=NO)cnn2C)cc1. The highest BCUT2D eigenvalue weighted by Gasteiger charge is 2.16. The number of amides is 1. The van der Waals surface area contributed by atoms with E-state index < -0.39 is 0 Å². The van der Waals surface area contributed by atoms with Gasteiger partial charge in [-0.15, -0.1) is 0 Å². The van der Waals surface area contributed by atoms with Gasteiger partial charge in [-0.05, 0) is 24.3 Å². The minimum absolute atomic E-state index is 0.131. The van der Waals surface area contributed by atoms with Gasteiger partial charge in [0, 0.05) is 12.6 Å². The highest BCUT2D eigenvalue weighted by atomic mass is 16.5.